The summed E-state index contributed by atoms with van der Waals surface area (Å²) in [7, 11) is 0. The molecule has 0 aliphatic rings. The van der Waals surface area contributed by atoms with Crippen molar-refractivity contribution in [3.8, 4) is 5.75 Å². The van der Waals surface area contributed by atoms with Crippen LogP contribution in [0.1, 0.15) is 15.9 Å². The van der Waals surface area contributed by atoms with Gasteiger partial charge in [0.15, 0.2) is 0 Å². The number of nitrogens with zero attached hydrogens (tertiary/aromatic N) is 1. The molecule has 0 aromatic heterocycles. The van der Waals surface area contributed by atoms with Crippen LogP contribution in [0, 0.1) is 17.0 Å². The van der Waals surface area contributed by atoms with Gasteiger partial charge in [0, 0.05) is 17.7 Å². The van der Waals surface area contributed by atoms with Gasteiger partial charge in [-0.25, -0.2) is 0 Å². The molecule has 0 bridgehead atoms. The number of benzene rings is 2. The number of nitrogens with one attached hydrogen (secondary N) is 1. The molecule has 0 saturated carbocycles. The molecular weight excluding hydrogens is 260 g/mol. The highest BCUT2D eigenvalue weighted by atomic mass is 16.6. The topological polar surface area (TPSA) is 92.5 Å². The zero-order chi connectivity index (χ0) is 14.7. The maximum Gasteiger partial charge on any atom is 0.271 e. The lowest BCUT2D eigenvalue weighted by Gasteiger charge is -2.07. The largest absolute Gasteiger partial charge is 0.506 e. The lowest BCUT2D eigenvalue weighted by atomic mass is 10.1. The number of aryl methyl sites for hydroxylation is 1. The second kappa shape index (κ2) is 5.40. The van der Waals surface area contributed by atoms with E-state index in [9.17, 15) is 20.0 Å². The number of anilines is 1. The number of nitro groups is 1. The molecule has 20 heavy (non-hydrogen) atoms. The normalized spacial score (nSPS) is 10.1. The van der Waals surface area contributed by atoms with Gasteiger partial charge in [-0.3, -0.25) is 14.9 Å². The van der Waals surface area contributed by atoms with Crippen LogP contribution in [0.15, 0.2) is 42.5 Å². The molecule has 0 heterocycles. The molecule has 2 aromatic carbocycles. The fraction of sp³-hybridized carbons (Fsp3) is 0.0714. The Bertz CT molecular complexity index is 665. The summed E-state index contributed by atoms with van der Waals surface area (Å²) in [5.74, 6) is -0.670. The van der Waals surface area contributed by atoms with Gasteiger partial charge in [0.2, 0.25) is 0 Å². The monoisotopic (exact) mass is 272 g/mol. The lowest BCUT2D eigenvalue weighted by molar-refractivity contribution is -0.384. The van der Waals surface area contributed by atoms with Crippen LogP contribution in [-0.2, 0) is 0 Å². The maximum atomic E-state index is 12.0. The molecule has 0 atom stereocenters. The molecule has 0 saturated heterocycles. The number of nitro benzene ring substituents is 1. The first-order chi connectivity index (χ1) is 9.47. The van der Waals surface area contributed by atoms with Crippen LogP contribution in [0.25, 0.3) is 0 Å². The van der Waals surface area contributed by atoms with Gasteiger partial charge in [0.25, 0.3) is 11.6 Å². The molecular formula is C14H12N2O4. The third kappa shape index (κ3) is 2.92. The second-order valence-corrected chi connectivity index (χ2v) is 4.28. The Morgan fingerprint density at radius 3 is 2.45 bits per heavy atom. The third-order valence-corrected chi connectivity index (χ3v) is 2.75. The Kier molecular flexibility index (Phi) is 3.65. The number of hydrogen-bond acceptors (Lipinski definition) is 4. The Morgan fingerprint density at radius 2 is 1.85 bits per heavy atom. The van der Waals surface area contributed by atoms with Crippen LogP contribution in [-0.4, -0.2) is 15.9 Å². The summed E-state index contributed by atoms with van der Waals surface area (Å²) < 4.78 is 0. The van der Waals surface area contributed by atoms with Crippen molar-refractivity contribution in [3.05, 3.63) is 63.7 Å². The van der Waals surface area contributed by atoms with Crippen molar-refractivity contribution in [1.82, 2.24) is 0 Å². The first-order valence-corrected chi connectivity index (χ1v) is 5.83. The van der Waals surface area contributed by atoms with Crippen molar-refractivity contribution < 1.29 is 14.8 Å². The molecule has 0 aliphatic carbocycles. The van der Waals surface area contributed by atoms with Crippen LogP contribution in [0.5, 0.6) is 5.75 Å². The number of aromatic hydroxyl groups is 1. The number of rotatable bonds is 3. The van der Waals surface area contributed by atoms with Crippen LogP contribution in [0.4, 0.5) is 11.4 Å². The zero-order valence-corrected chi connectivity index (χ0v) is 10.7. The highest BCUT2D eigenvalue weighted by Crippen LogP contribution is 2.28. The van der Waals surface area contributed by atoms with Gasteiger partial charge >= 0.3 is 0 Å². The molecule has 0 aliphatic heterocycles. The minimum atomic E-state index is -0.596. The van der Waals surface area contributed by atoms with E-state index in [0.29, 0.717) is 5.56 Å². The van der Waals surface area contributed by atoms with Gasteiger partial charge in [-0.05, 0) is 25.1 Å². The van der Waals surface area contributed by atoms with Crippen molar-refractivity contribution >= 4 is 17.3 Å². The average molecular weight is 272 g/mol. The number of phenols is 1. The van der Waals surface area contributed by atoms with E-state index in [1.807, 2.05) is 6.92 Å². The number of phenolic OH excluding ortho intramolecular Hbond substituents is 1. The van der Waals surface area contributed by atoms with E-state index in [0.717, 1.165) is 17.7 Å². The van der Waals surface area contributed by atoms with Gasteiger partial charge in [0.05, 0.1) is 10.6 Å². The minimum Gasteiger partial charge on any atom is -0.506 e. The predicted molar refractivity (Wildman–Crippen MR) is 73.9 cm³/mol. The molecule has 0 fully saturated rings. The summed E-state index contributed by atoms with van der Waals surface area (Å²) in [4.78, 5) is 22.0. The average Bonchev–Trinajstić information content (AvgIpc) is 2.41. The zero-order valence-electron chi connectivity index (χ0n) is 10.7. The molecule has 0 unspecified atom stereocenters. The lowest BCUT2D eigenvalue weighted by Crippen LogP contribution is -2.12. The van der Waals surface area contributed by atoms with Crippen LogP contribution in [0.2, 0.25) is 0 Å². The number of carbonyl (C=O) groups excluding carboxylic acids is 1. The fourth-order valence-corrected chi connectivity index (χ4v) is 1.64. The highest BCUT2D eigenvalue weighted by molar-refractivity contribution is 6.05. The SMILES string of the molecule is Cc1ccc(C(=O)Nc2cc([N+](=O)[O-])ccc2O)cc1. The Balaban J connectivity index is 2.25. The molecule has 2 rings (SSSR count). The Labute approximate surface area is 114 Å². The van der Waals surface area contributed by atoms with Crippen molar-refractivity contribution in [2.45, 2.75) is 6.92 Å². The summed E-state index contributed by atoms with van der Waals surface area (Å²) in [6.45, 7) is 1.90. The van der Waals surface area contributed by atoms with Crippen LogP contribution in [0.3, 0.4) is 0 Å². The van der Waals surface area contributed by atoms with E-state index in [2.05, 4.69) is 5.32 Å². The van der Waals surface area contributed by atoms with Gasteiger partial charge in [-0.2, -0.15) is 0 Å². The van der Waals surface area contributed by atoms with E-state index in [-0.39, 0.29) is 17.1 Å². The summed E-state index contributed by atoms with van der Waals surface area (Å²) in [5, 5.41) is 22.7. The Hall–Kier alpha value is -2.89. The summed E-state index contributed by atoms with van der Waals surface area (Å²) in [6.07, 6.45) is 0. The molecule has 2 aromatic rings. The predicted octanol–water partition coefficient (Wildman–Crippen LogP) is 2.86. The van der Waals surface area contributed by atoms with E-state index >= 15 is 0 Å². The van der Waals surface area contributed by atoms with Crippen molar-refractivity contribution in [2.75, 3.05) is 5.32 Å². The molecule has 102 valence electrons. The smallest absolute Gasteiger partial charge is 0.271 e. The van der Waals surface area contributed by atoms with E-state index < -0.39 is 10.8 Å². The molecule has 0 radical (unpaired) electrons. The van der Waals surface area contributed by atoms with Gasteiger partial charge in [-0.1, -0.05) is 17.7 Å². The molecule has 1 amide bonds. The minimum absolute atomic E-state index is 0.00442. The number of hydrogen-bond donors (Lipinski definition) is 2. The molecule has 2 N–H and O–H groups in total. The van der Waals surface area contributed by atoms with E-state index in [1.54, 1.807) is 24.3 Å². The molecule has 6 heteroatoms. The van der Waals surface area contributed by atoms with Gasteiger partial charge in [0.1, 0.15) is 5.75 Å². The van der Waals surface area contributed by atoms with Crippen molar-refractivity contribution in [2.24, 2.45) is 0 Å². The van der Waals surface area contributed by atoms with Crippen molar-refractivity contribution in [3.63, 3.8) is 0 Å². The van der Waals surface area contributed by atoms with Crippen molar-refractivity contribution in [1.29, 1.82) is 0 Å². The number of carbonyl (C=O) groups is 1. The molecule has 6 nitrogen and oxygen atoms in total. The summed E-state index contributed by atoms with van der Waals surface area (Å²) in [6, 6.07) is 10.3. The standard InChI is InChI=1S/C14H12N2O4/c1-9-2-4-10(5-3-9)14(18)15-12-8-11(16(19)20)6-7-13(12)17/h2-8,17H,1H3,(H,15,18). The van der Waals surface area contributed by atoms with Gasteiger partial charge < -0.3 is 10.4 Å². The first-order valence-electron chi connectivity index (χ1n) is 5.83. The third-order valence-electron chi connectivity index (χ3n) is 2.75. The van der Waals surface area contributed by atoms with Crippen LogP contribution < -0.4 is 5.32 Å². The number of amides is 1. The van der Waals surface area contributed by atoms with Gasteiger partial charge in [-0.15, -0.1) is 0 Å². The Morgan fingerprint density at radius 1 is 1.20 bits per heavy atom. The number of non-ortho nitro benzene ring substituents is 1. The highest BCUT2D eigenvalue weighted by Gasteiger charge is 2.13. The fourth-order valence-electron chi connectivity index (χ4n) is 1.64. The van der Waals surface area contributed by atoms with E-state index in [1.165, 1.54) is 6.07 Å². The van der Waals surface area contributed by atoms with E-state index in [4.69, 9.17) is 0 Å². The maximum absolute atomic E-state index is 12.0. The van der Waals surface area contributed by atoms with Crippen LogP contribution >= 0.6 is 0 Å². The quantitative estimate of drug-likeness (QED) is 0.510. The summed E-state index contributed by atoms with van der Waals surface area (Å²) in [5.41, 5.74) is 1.22. The summed E-state index contributed by atoms with van der Waals surface area (Å²) >= 11 is 0. The first kappa shape index (κ1) is 13.5. The second-order valence-electron chi connectivity index (χ2n) is 4.28. The molecule has 0 spiro atoms.